The first kappa shape index (κ1) is 19.7. The summed E-state index contributed by atoms with van der Waals surface area (Å²) in [4.78, 5) is 48.0. The lowest BCUT2D eigenvalue weighted by Crippen LogP contribution is -2.52. The first-order valence-electron chi connectivity index (χ1n) is 7.82. The van der Waals surface area contributed by atoms with Crippen molar-refractivity contribution in [2.24, 2.45) is 5.73 Å². The number of carboxylic acid groups (broad SMARTS) is 1. The molecule has 3 amide bonds. The average molecular weight is 343 g/mol. The maximum atomic E-state index is 12.6. The lowest BCUT2D eigenvalue weighted by atomic mass is 10.1. The van der Waals surface area contributed by atoms with Gasteiger partial charge in [0.2, 0.25) is 11.8 Å². The second kappa shape index (κ2) is 7.98. The monoisotopic (exact) mass is 343 g/mol. The molecule has 4 N–H and O–H groups in total. The summed E-state index contributed by atoms with van der Waals surface area (Å²) >= 11 is 0. The van der Waals surface area contributed by atoms with Crippen molar-refractivity contribution < 1.29 is 29.0 Å². The number of hydrogen-bond donors (Lipinski definition) is 3. The van der Waals surface area contributed by atoms with Gasteiger partial charge in [0.25, 0.3) is 0 Å². The summed E-state index contributed by atoms with van der Waals surface area (Å²) in [6.07, 6.45) is -0.0155. The number of hydrogen-bond acceptors (Lipinski definition) is 5. The number of primary amides is 1. The number of ether oxygens (including phenoxy) is 1. The van der Waals surface area contributed by atoms with Crippen molar-refractivity contribution in [3.05, 3.63) is 0 Å². The fraction of sp³-hybridized carbons (Fsp3) is 0.733. The maximum absolute atomic E-state index is 12.6. The van der Waals surface area contributed by atoms with Gasteiger partial charge in [-0.3, -0.25) is 9.59 Å². The molecule has 0 aliphatic carbocycles. The highest BCUT2D eigenvalue weighted by atomic mass is 16.6. The van der Waals surface area contributed by atoms with Gasteiger partial charge in [0.15, 0.2) is 0 Å². The molecule has 0 unspecified atom stereocenters. The predicted octanol–water partition coefficient (Wildman–Crippen LogP) is 0.221. The van der Waals surface area contributed by atoms with E-state index in [-0.39, 0.29) is 12.8 Å². The van der Waals surface area contributed by atoms with Crippen molar-refractivity contribution in [3.8, 4) is 0 Å². The molecule has 1 aliphatic rings. The van der Waals surface area contributed by atoms with Crippen LogP contribution in [0.2, 0.25) is 0 Å². The summed E-state index contributed by atoms with van der Waals surface area (Å²) in [5, 5.41) is 11.6. The normalized spacial score (nSPS) is 18.8. The van der Waals surface area contributed by atoms with Gasteiger partial charge < -0.3 is 25.8 Å². The third-order valence-corrected chi connectivity index (χ3v) is 3.49. The third-order valence-electron chi connectivity index (χ3n) is 3.49. The minimum Gasteiger partial charge on any atom is -0.480 e. The van der Waals surface area contributed by atoms with Crippen LogP contribution < -0.4 is 11.1 Å². The van der Waals surface area contributed by atoms with Gasteiger partial charge in [0, 0.05) is 13.0 Å². The number of nitrogens with zero attached hydrogens (tertiary/aromatic N) is 1. The topological polar surface area (TPSA) is 139 Å². The van der Waals surface area contributed by atoms with Gasteiger partial charge in [-0.25, -0.2) is 9.59 Å². The minimum absolute atomic E-state index is 0.0176. The van der Waals surface area contributed by atoms with Crippen molar-refractivity contribution in [3.63, 3.8) is 0 Å². The quantitative estimate of drug-likeness (QED) is 0.630. The number of nitrogens with two attached hydrogens (primary N) is 1. The Bertz CT molecular complexity index is 514. The van der Waals surface area contributed by atoms with Crippen molar-refractivity contribution >= 4 is 23.9 Å². The lowest BCUT2D eigenvalue weighted by molar-refractivity contribution is -0.149. The Morgan fingerprint density at radius 2 is 1.96 bits per heavy atom. The molecule has 1 saturated heterocycles. The van der Waals surface area contributed by atoms with Gasteiger partial charge in [-0.15, -0.1) is 0 Å². The van der Waals surface area contributed by atoms with Gasteiger partial charge in [0.1, 0.15) is 17.7 Å². The molecular weight excluding hydrogens is 318 g/mol. The Kier molecular flexibility index (Phi) is 6.56. The number of rotatable bonds is 6. The van der Waals surface area contributed by atoms with Crippen LogP contribution in [0, 0.1) is 0 Å². The molecule has 9 heteroatoms. The molecule has 24 heavy (non-hydrogen) atoms. The summed E-state index contributed by atoms with van der Waals surface area (Å²) in [5.74, 6) is -2.26. The summed E-state index contributed by atoms with van der Waals surface area (Å²) < 4.78 is 5.11. The van der Waals surface area contributed by atoms with E-state index in [0.29, 0.717) is 19.4 Å². The first-order chi connectivity index (χ1) is 11.0. The zero-order valence-corrected chi connectivity index (χ0v) is 14.2. The van der Waals surface area contributed by atoms with E-state index in [2.05, 4.69) is 5.32 Å². The van der Waals surface area contributed by atoms with E-state index in [1.165, 1.54) is 4.90 Å². The summed E-state index contributed by atoms with van der Waals surface area (Å²) in [6.45, 7) is 5.31. The molecular formula is C15H25N3O6. The van der Waals surface area contributed by atoms with Crippen LogP contribution in [0.3, 0.4) is 0 Å². The Labute approximate surface area is 140 Å². The van der Waals surface area contributed by atoms with Crippen LogP contribution in [0.25, 0.3) is 0 Å². The SMILES string of the molecule is CC(C)(C)OC(=O)N[C@@H](CCC(N)=O)C(=O)N1CCC[C@H]1C(=O)O. The number of aliphatic carboxylic acids is 1. The van der Waals surface area contributed by atoms with Crippen molar-refractivity contribution in [2.45, 2.75) is 64.1 Å². The predicted molar refractivity (Wildman–Crippen MR) is 84.0 cm³/mol. The number of likely N-dealkylation sites (tertiary alicyclic amines) is 1. The molecule has 0 radical (unpaired) electrons. The number of amides is 3. The molecule has 0 spiro atoms. The van der Waals surface area contributed by atoms with Crippen LogP contribution in [0.5, 0.6) is 0 Å². The van der Waals surface area contributed by atoms with E-state index < -0.39 is 41.6 Å². The highest BCUT2D eigenvalue weighted by molar-refractivity contribution is 5.90. The third kappa shape index (κ3) is 6.05. The first-order valence-corrected chi connectivity index (χ1v) is 7.82. The number of nitrogens with one attached hydrogen (secondary N) is 1. The average Bonchev–Trinajstić information content (AvgIpc) is 2.89. The van der Waals surface area contributed by atoms with Gasteiger partial charge >= 0.3 is 12.1 Å². The zero-order valence-electron chi connectivity index (χ0n) is 14.2. The molecule has 2 atom stereocenters. The van der Waals surface area contributed by atoms with Crippen LogP contribution in [-0.4, -0.2) is 58.1 Å². The van der Waals surface area contributed by atoms with Crippen LogP contribution in [0.4, 0.5) is 4.79 Å². The molecule has 0 bridgehead atoms. The molecule has 9 nitrogen and oxygen atoms in total. The van der Waals surface area contributed by atoms with E-state index in [1.54, 1.807) is 20.8 Å². The molecule has 0 saturated carbocycles. The molecule has 136 valence electrons. The highest BCUT2D eigenvalue weighted by Gasteiger charge is 2.38. The molecule has 0 aromatic heterocycles. The zero-order chi connectivity index (χ0) is 18.5. The number of carboxylic acids is 1. The van der Waals surface area contributed by atoms with Crippen molar-refractivity contribution in [1.29, 1.82) is 0 Å². The summed E-state index contributed by atoms with van der Waals surface area (Å²) in [7, 11) is 0. The second-order valence-corrected chi connectivity index (χ2v) is 6.73. The number of carbonyl (C=O) groups is 4. The molecule has 0 aromatic rings. The Morgan fingerprint density at radius 3 is 2.46 bits per heavy atom. The molecule has 0 aromatic carbocycles. The Morgan fingerprint density at radius 1 is 1.33 bits per heavy atom. The minimum atomic E-state index is -1.09. The van der Waals surface area contributed by atoms with Gasteiger partial charge in [0.05, 0.1) is 0 Å². The Hall–Kier alpha value is -2.32. The number of carbonyl (C=O) groups excluding carboxylic acids is 3. The van der Waals surface area contributed by atoms with Gasteiger partial charge in [-0.05, 0) is 40.0 Å². The highest BCUT2D eigenvalue weighted by Crippen LogP contribution is 2.20. The standard InChI is InChI=1S/C15H25N3O6/c1-15(2,3)24-14(23)17-9(6-7-11(16)19)12(20)18-8-4-5-10(18)13(21)22/h9-10H,4-8H2,1-3H3,(H2,16,19)(H,17,23)(H,21,22)/t9-,10-/m0/s1. The summed E-state index contributed by atoms with van der Waals surface area (Å²) in [5.41, 5.74) is 4.35. The van der Waals surface area contributed by atoms with Gasteiger partial charge in [-0.1, -0.05) is 0 Å². The maximum Gasteiger partial charge on any atom is 0.408 e. The smallest absolute Gasteiger partial charge is 0.408 e. The molecule has 1 rings (SSSR count). The van der Waals surface area contributed by atoms with Crippen LogP contribution >= 0.6 is 0 Å². The van der Waals surface area contributed by atoms with E-state index in [0.717, 1.165) is 0 Å². The summed E-state index contributed by atoms with van der Waals surface area (Å²) in [6, 6.07) is -1.98. The fourth-order valence-corrected chi connectivity index (χ4v) is 2.48. The number of alkyl carbamates (subject to hydrolysis) is 1. The molecule has 1 heterocycles. The largest absolute Gasteiger partial charge is 0.480 e. The lowest BCUT2D eigenvalue weighted by Gasteiger charge is -2.28. The van der Waals surface area contributed by atoms with Crippen LogP contribution in [0.1, 0.15) is 46.5 Å². The van der Waals surface area contributed by atoms with Crippen molar-refractivity contribution in [2.75, 3.05) is 6.54 Å². The van der Waals surface area contributed by atoms with E-state index in [9.17, 15) is 24.3 Å². The van der Waals surface area contributed by atoms with E-state index >= 15 is 0 Å². The molecule has 1 aliphatic heterocycles. The van der Waals surface area contributed by atoms with Crippen LogP contribution in [0.15, 0.2) is 0 Å². The second-order valence-electron chi connectivity index (χ2n) is 6.73. The van der Waals surface area contributed by atoms with E-state index in [4.69, 9.17) is 10.5 Å². The Balaban J connectivity index is 2.83. The van der Waals surface area contributed by atoms with Crippen molar-refractivity contribution in [1.82, 2.24) is 10.2 Å². The van der Waals surface area contributed by atoms with Crippen LogP contribution in [-0.2, 0) is 19.1 Å². The molecule has 1 fully saturated rings. The van der Waals surface area contributed by atoms with E-state index in [1.807, 2.05) is 0 Å². The fourth-order valence-electron chi connectivity index (χ4n) is 2.48. The van der Waals surface area contributed by atoms with Gasteiger partial charge in [-0.2, -0.15) is 0 Å².